The number of hydrogen-bond acceptors (Lipinski definition) is 3. The first-order valence-electron chi connectivity index (χ1n) is 6.32. The molecular formula is C13H25NO2. The van der Waals surface area contributed by atoms with E-state index in [4.69, 9.17) is 10.5 Å². The monoisotopic (exact) mass is 227 g/mol. The number of ether oxygens (including phenoxy) is 1. The molecule has 0 saturated carbocycles. The van der Waals surface area contributed by atoms with Gasteiger partial charge in [-0.25, -0.2) is 0 Å². The van der Waals surface area contributed by atoms with Crippen LogP contribution in [0.25, 0.3) is 0 Å². The van der Waals surface area contributed by atoms with Crippen molar-refractivity contribution in [3.8, 4) is 0 Å². The third-order valence-corrected chi connectivity index (χ3v) is 2.32. The van der Waals surface area contributed by atoms with Crippen LogP contribution in [0.15, 0.2) is 12.2 Å². The van der Waals surface area contributed by atoms with E-state index in [1.807, 2.05) is 0 Å². The molecule has 3 heteroatoms. The average molecular weight is 227 g/mol. The molecule has 0 radical (unpaired) electrons. The van der Waals surface area contributed by atoms with Gasteiger partial charge in [0, 0.05) is 0 Å². The Balaban J connectivity index is 3.07. The maximum Gasteiger partial charge on any atom is 0.319 e. The van der Waals surface area contributed by atoms with Gasteiger partial charge in [-0.1, -0.05) is 38.3 Å². The molecule has 0 aromatic rings. The lowest BCUT2D eigenvalue weighted by Gasteiger charge is -2.02. The van der Waals surface area contributed by atoms with Crippen LogP contribution in [-0.2, 0) is 9.53 Å². The molecule has 0 fully saturated rings. The van der Waals surface area contributed by atoms with Gasteiger partial charge >= 0.3 is 5.97 Å². The fourth-order valence-corrected chi connectivity index (χ4v) is 1.37. The molecule has 0 atom stereocenters. The van der Waals surface area contributed by atoms with Crippen LogP contribution < -0.4 is 5.73 Å². The van der Waals surface area contributed by atoms with Gasteiger partial charge in [0.15, 0.2) is 0 Å². The maximum atomic E-state index is 10.7. The minimum absolute atomic E-state index is 0.0117. The van der Waals surface area contributed by atoms with Crippen LogP contribution in [0.3, 0.4) is 0 Å². The smallest absolute Gasteiger partial charge is 0.319 e. The van der Waals surface area contributed by atoms with Crippen molar-refractivity contribution in [2.45, 2.75) is 51.9 Å². The summed E-state index contributed by atoms with van der Waals surface area (Å²) >= 11 is 0. The molecule has 0 bridgehead atoms. The molecule has 0 spiro atoms. The van der Waals surface area contributed by atoms with Crippen molar-refractivity contribution >= 4 is 5.97 Å². The summed E-state index contributed by atoms with van der Waals surface area (Å²) < 4.78 is 4.87. The van der Waals surface area contributed by atoms with Crippen LogP contribution in [0, 0.1) is 0 Å². The van der Waals surface area contributed by atoms with Crippen LogP contribution in [-0.4, -0.2) is 19.1 Å². The highest BCUT2D eigenvalue weighted by Crippen LogP contribution is 2.04. The van der Waals surface area contributed by atoms with Crippen molar-refractivity contribution in [2.24, 2.45) is 5.73 Å². The number of nitrogens with two attached hydrogens (primary N) is 1. The van der Waals surface area contributed by atoms with Gasteiger partial charge in [-0.05, 0) is 25.7 Å². The highest BCUT2D eigenvalue weighted by molar-refractivity contribution is 5.71. The molecule has 0 aromatic heterocycles. The SMILES string of the molecule is CCCC=CCCCCCCOC(=O)CN. The predicted molar refractivity (Wildman–Crippen MR) is 67.1 cm³/mol. The molecule has 0 aliphatic rings. The van der Waals surface area contributed by atoms with Crippen molar-refractivity contribution in [3.05, 3.63) is 12.2 Å². The summed E-state index contributed by atoms with van der Waals surface area (Å²) in [6.45, 7) is 2.69. The summed E-state index contributed by atoms with van der Waals surface area (Å²) in [4.78, 5) is 10.7. The average Bonchev–Trinajstić information content (AvgIpc) is 2.31. The molecular weight excluding hydrogens is 202 g/mol. The summed E-state index contributed by atoms with van der Waals surface area (Å²) in [5.41, 5.74) is 5.11. The Kier molecular flexibility index (Phi) is 11.6. The third-order valence-electron chi connectivity index (χ3n) is 2.32. The quantitative estimate of drug-likeness (QED) is 0.355. The Morgan fingerprint density at radius 1 is 1.12 bits per heavy atom. The molecule has 0 rings (SSSR count). The molecule has 0 saturated heterocycles. The van der Waals surface area contributed by atoms with E-state index < -0.39 is 0 Å². The molecule has 94 valence electrons. The molecule has 0 aromatic carbocycles. The molecule has 0 amide bonds. The summed E-state index contributed by atoms with van der Waals surface area (Å²) in [5, 5.41) is 0. The minimum Gasteiger partial charge on any atom is -0.465 e. The summed E-state index contributed by atoms with van der Waals surface area (Å²) in [5.74, 6) is -0.303. The second-order valence-corrected chi connectivity index (χ2v) is 3.89. The Morgan fingerprint density at radius 2 is 1.81 bits per heavy atom. The number of carbonyl (C=O) groups excluding carboxylic acids is 1. The van der Waals surface area contributed by atoms with Crippen LogP contribution in [0.4, 0.5) is 0 Å². The van der Waals surface area contributed by atoms with E-state index in [9.17, 15) is 4.79 Å². The van der Waals surface area contributed by atoms with Crippen LogP contribution in [0.2, 0.25) is 0 Å². The number of hydrogen-bond donors (Lipinski definition) is 1. The van der Waals surface area contributed by atoms with E-state index in [-0.39, 0.29) is 12.5 Å². The summed E-state index contributed by atoms with van der Waals surface area (Å²) in [6, 6.07) is 0. The Labute approximate surface area is 99.0 Å². The normalized spacial score (nSPS) is 10.9. The molecule has 0 unspecified atom stereocenters. The molecule has 2 N–H and O–H groups in total. The lowest BCUT2D eigenvalue weighted by Crippen LogP contribution is -2.17. The lowest BCUT2D eigenvalue weighted by atomic mass is 10.1. The van der Waals surface area contributed by atoms with Crippen molar-refractivity contribution < 1.29 is 9.53 Å². The first-order chi connectivity index (χ1) is 7.81. The van der Waals surface area contributed by atoms with Crippen molar-refractivity contribution in [1.82, 2.24) is 0 Å². The summed E-state index contributed by atoms with van der Waals surface area (Å²) in [7, 11) is 0. The van der Waals surface area contributed by atoms with E-state index in [0.717, 1.165) is 12.8 Å². The van der Waals surface area contributed by atoms with Gasteiger partial charge in [0.25, 0.3) is 0 Å². The highest BCUT2D eigenvalue weighted by atomic mass is 16.5. The molecule has 0 heterocycles. The van der Waals surface area contributed by atoms with Gasteiger partial charge < -0.3 is 10.5 Å². The number of unbranched alkanes of at least 4 members (excludes halogenated alkanes) is 5. The molecule has 0 aliphatic heterocycles. The van der Waals surface area contributed by atoms with Crippen molar-refractivity contribution in [1.29, 1.82) is 0 Å². The van der Waals surface area contributed by atoms with E-state index in [0.29, 0.717) is 6.61 Å². The third kappa shape index (κ3) is 11.2. The molecule has 16 heavy (non-hydrogen) atoms. The largest absolute Gasteiger partial charge is 0.465 e. The molecule has 0 aliphatic carbocycles. The lowest BCUT2D eigenvalue weighted by molar-refractivity contribution is -0.142. The maximum absolute atomic E-state index is 10.7. The Morgan fingerprint density at radius 3 is 2.50 bits per heavy atom. The molecule has 3 nitrogen and oxygen atoms in total. The number of rotatable bonds is 10. The zero-order valence-electron chi connectivity index (χ0n) is 10.4. The van der Waals surface area contributed by atoms with Gasteiger partial charge in [-0.3, -0.25) is 4.79 Å². The van der Waals surface area contributed by atoms with E-state index in [1.54, 1.807) is 0 Å². The fraction of sp³-hybridized carbons (Fsp3) is 0.769. The van der Waals surface area contributed by atoms with Crippen molar-refractivity contribution in [3.63, 3.8) is 0 Å². The number of esters is 1. The van der Waals surface area contributed by atoms with E-state index in [1.165, 1.54) is 32.1 Å². The van der Waals surface area contributed by atoms with Crippen LogP contribution in [0.1, 0.15) is 51.9 Å². The van der Waals surface area contributed by atoms with E-state index in [2.05, 4.69) is 19.1 Å². The second kappa shape index (κ2) is 12.2. The van der Waals surface area contributed by atoms with Gasteiger partial charge in [0.05, 0.1) is 13.2 Å². The Hall–Kier alpha value is -0.830. The van der Waals surface area contributed by atoms with Gasteiger partial charge in [0.1, 0.15) is 0 Å². The fourth-order valence-electron chi connectivity index (χ4n) is 1.37. The van der Waals surface area contributed by atoms with Crippen LogP contribution in [0.5, 0.6) is 0 Å². The van der Waals surface area contributed by atoms with Gasteiger partial charge in [-0.2, -0.15) is 0 Å². The summed E-state index contributed by atoms with van der Waals surface area (Å²) in [6.07, 6.45) is 12.6. The highest BCUT2D eigenvalue weighted by Gasteiger charge is 1.96. The second-order valence-electron chi connectivity index (χ2n) is 3.89. The zero-order chi connectivity index (χ0) is 12.1. The number of carbonyl (C=O) groups is 1. The van der Waals surface area contributed by atoms with Gasteiger partial charge in [-0.15, -0.1) is 0 Å². The topological polar surface area (TPSA) is 52.3 Å². The standard InChI is InChI=1S/C13H25NO2/c1-2-3-4-5-6-7-8-9-10-11-16-13(15)12-14/h4-5H,2-3,6-12,14H2,1H3. The zero-order valence-corrected chi connectivity index (χ0v) is 10.4. The van der Waals surface area contributed by atoms with Crippen LogP contribution >= 0.6 is 0 Å². The number of allylic oxidation sites excluding steroid dienone is 2. The van der Waals surface area contributed by atoms with Crippen molar-refractivity contribution in [2.75, 3.05) is 13.2 Å². The minimum atomic E-state index is -0.303. The Bertz CT molecular complexity index is 190. The first kappa shape index (κ1) is 15.2. The first-order valence-corrected chi connectivity index (χ1v) is 6.32. The van der Waals surface area contributed by atoms with E-state index >= 15 is 0 Å². The van der Waals surface area contributed by atoms with Gasteiger partial charge in [0.2, 0.25) is 0 Å². The predicted octanol–water partition coefficient (Wildman–Crippen LogP) is 2.80.